The molecule has 0 fully saturated rings. The van der Waals surface area contributed by atoms with Gasteiger partial charge in [0, 0.05) is 0 Å². The van der Waals surface area contributed by atoms with E-state index in [4.69, 9.17) is 19.9 Å². The lowest BCUT2D eigenvalue weighted by molar-refractivity contribution is -0.151. The lowest BCUT2D eigenvalue weighted by Gasteiger charge is -2.19. The Bertz CT molecular complexity index is 448. The minimum absolute atomic E-state index is 0.325. The van der Waals surface area contributed by atoms with Crippen molar-refractivity contribution in [2.75, 3.05) is 20.3 Å². The van der Waals surface area contributed by atoms with Gasteiger partial charge in [0.2, 0.25) is 0 Å². The van der Waals surface area contributed by atoms with E-state index in [2.05, 4.69) is 0 Å². The summed E-state index contributed by atoms with van der Waals surface area (Å²) in [6.45, 7) is 4.64. The van der Waals surface area contributed by atoms with Crippen molar-refractivity contribution in [1.82, 2.24) is 0 Å². The van der Waals surface area contributed by atoms with Gasteiger partial charge in [0.25, 0.3) is 0 Å². The molecule has 21 heavy (non-hydrogen) atoms. The lowest BCUT2D eigenvalue weighted by Crippen LogP contribution is -2.29. The summed E-state index contributed by atoms with van der Waals surface area (Å²) < 4.78 is 16.1. The molecule has 0 aliphatic rings. The standard InChI is InChI=1S/C16H25NO4/c1-4-6-15(16(18)20-5-2)21-14-8-7-13(19-3)11-12(14)9-10-17/h7-8,11,15H,4-6,9-10,17H2,1-3H3. The third-order valence-corrected chi connectivity index (χ3v) is 3.05. The number of methoxy groups -OCH3 is 1. The van der Waals surface area contributed by atoms with Crippen molar-refractivity contribution in [3.05, 3.63) is 23.8 Å². The van der Waals surface area contributed by atoms with Gasteiger partial charge in [0.05, 0.1) is 13.7 Å². The quantitative estimate of drug-likeness (QED) is 0.708. The molecule has 0 aliphatic carbocycles. The molecule has 0 heterocycles. The van der Waals surface area contributed by atoms with Crippen LogP contribution < -0.4 is 15.2 Å². The molecule has 0 spiro atoms. The van der Waals surface area contributed by atoms with Crippen molar-refractivity contribution in [3.8, 4) is 11.5 Å². The maximum Gasteiger partial charge on any atom is 0.347 e. The zero-order valence-corrected chi connectivity index (χ0v) is 13.1. The molecular weight excluding hydrogens is 270 g/mol. The number of hydrogen-bond donors (Lipinski definition) is 1. The molecule has 5 nitrogen and oxygen atoms in total. The van der Waals surface area contributed by atoms with Crippen LogP contribution in [0.4, 0.5) is 0 Å². The minimum atomic E-state index is -0.583. The molecular formula is C16H25NO4. The first-order chi connectivity index (χ1) is 10.2. The molecule has 1 unspecified atom stereocenters. The first-order valence-electron chi connectivity index (χ1n) is 7.36. The van der Waals surface area contributed by atoms with Crippen molar-refractivity contribution in [2.45, 2.75) is 39.2 Å². The second-order valence-electron chi connectivity index (χ2n) is 4.66. The van der Waals surface area contributed by atoms with Gasteiger partial charge in [0.1, 0.15) is 11.5 Å². The van der Waals surface area contributed by atoms with E-state index >= 15 is 0 Å². The highest BCUT2D eigenvalue weighted by atomic mass is 16.6. The van der Waals surface area contributed by atoms with E-state index in [0.29, 0.717) is 31.7 Å². The first kappa shape index (κ1) is 17.3. The number of esters is 1. The van der Waals surface area contributed by atoms with Gasteiger partial charge >= 0.3 is 5.97 Å². The fourth-order valence-electron chi connectivity index (χ4n) is 2.02. The van der Waals surface area contributed by atoms with Gasteiger partial charge in [-0.25, -0.2) is 4.79 Å². The number of rotatable bonds is 9. The summed E-state index contributed by atoms with van der Waals surface area (Å²) in [5.41, 5.74) is 6.56. The van der Waals surface area contributed by atoms with Crippen LogP contribution in [0.5, 0.6) is 11.5 Å². The summed E-state index contributed by atoms with van der Waals surface area (Å²) in [6, 6.07) is 5.51. The Kier molecular flexibility index (Phi) is 7.61. The summed E-state index contributed by atoms with van der Waals surface area (Å²) >= 11 is 0. The van der Waals surface area contributed by atoms with Gasteiger partial charge in [-0.15, -0.1) is 0 Å². The van der Waals surface area contributed by atoms with Crippen LogP contribution in [-0.4, -0.2) is 32.3 Å². The monoisotopic (exact) mass is 295 g/mol. The van der Waals surface area contributed by atoms with E-state index in [1.54, 1.807) is 14.0 Å². The Morgan fingerprint density at radius 1 is 1.33 bits per heavy atom. The number of nitrogens with two attached hydrogens (primary N) is 1. The van der Waals surface area contributed by atoms with E-state index < -0.39 is 6.10 Å². The fraction of sp³-hybridized carbons (Fsp3) is 0.562. The number of carbonyl (C=O) groups excluding carboxylic acids is 1. The number of carbonyl (C=O) groups is 1. The third-order valence-electron chi connectivity index (χ3n) is 3.05. The fourth-order valence-corrected chi connectivity index (χ4v) is 2.02. The van der Waals surface area contributed by atoms with E-state index in [-0.39, 0.29) is 5.97 Å². The van der Waals surface area contributed by atoms with Crippen molar-refractivity contribution >= 4 is 5.97 Å². The van der Waals surface area contributed by atoms with Crippen molar-refractivity contribution < 1.29 is 19.0 Å². The molecule has 5 heteroatoms. The van der Waals surface area contributed by atoms with E-state index in [0.717, 1.165) is 17.7 Å². The van der Waals surface area contributed by atoms with Gasteiger partial charge in [-0.1, -0.05) is 13.3 Å². The van der Waals surface area contributed by atoms with Crippen molar-refractivity contribution in [1.29, 1.82) is 0 Å². The lowest BCUT2D eigenvalue weighted by atomic mass is 10.1. The van der Waals surface area contributed by atoms with Crippen molar-refractivity contribution in [2.24, 2.45) is 5.73 Å². The molecule has 2 N–H and O–H groups in total. The van der Waals surface area contributed by atoms with Crippen molar-refractivity contribution in [3.63, 3.8) is 0 Å². The van der Waals surface area contributed by atoms with E-state index in [1.165, 1.54) is 0 Å². The first-order valence-corrected chi connectivity index (χ1v) is 7.36. The molecule has 1 rings (SSSR count). The molecule has 0 amide bonds. The van der Waals surface area contributed by atoms with Gasteiger partial charge in [0.15, 0.2) is 6.10 Å². The average molecular weight is 295 g/mol. The van der Waals surface area contributed by atoms with Gasteiger partial charge in [-0.2, -0.15) is 0 Å². The summed E-state index contributed by atoms with van der Waals surface area (Å²) in [5.74, 6) is 1.08. The second-order valence-corrected chi connectivity index (χ2v) is 4.66. The zero-order chi connectivity index (χ0) is 15.7. The predicted octanol–water partition coefficient (Wildman–Crippen LogP) is 2.31. The highest BCUT2D eigenvalue weighted by Gasteiger charge is 2.22. The molecule has 0 bridgehead atoms. The normalized spacial score (nSPS) is 11.8. The average Bonchev–Trinajstić information content (AvgIpc) is 2.48. The number of benzene rings is 1. The Hall–Kier alpha value is -1.75. The highest BCUT2D eigenvalue weighted by Crippen LogP contribution is 2.26. The summed E-state index contributed by atoms with van der Waals surface area (Å²) in [4.78, 5) is 11.9. The van der Waals surface area contributed by atoms with Crippen LogP contribution in [0.2, 0.25) is 0 Å². The Morgan fingerprint density at radius 2 is 2.10 bits per heavy atom. The molecule has 1 aromatic rings. The van der Waals surface area contributed by atoms with Crippen LogP contribution in [-0.2, 0) is 16.0 Å². The summed E-state index contributed by atoms with van der Waals surface area (Å²) in [5, 5.41) is 0. The van der Waals surface area contributed by atoms with Crippen LogP contribution in [0.15, 0.2) is 18.2 Å². The zero-order valence-electron chi connectivity index (χ0n) is 13.1. The van der Waals surface area contributed by atoms with Crippen LogP contribution in [0.1, 0.15) is 32.3 Å². The topological polar surface area (TPSA) is 70.8 Å². The Morgan fingerprint density at radius 3 is 2.67 bits per heavy atom. The minimum Gasteiger partial charge on any atom is -0.497 e. The number of hydrogen-bond acceptors (Lipinski definition) is 5. The van der Waals surface area contributed by atoms with Crippen LogP contribution in [0.3, 0.4) is 0 Å². The summed E-state index contributed by atoms with van der Waals surface area (Å²) in [6.07, 6.45) is 1.53. The third kappa shape index (κ3) is 5.27. The Labute approximate surface area is 126 Å². The van der Waals surface area contributed by atoms with Gasteiger partial charge in [-0.3, -0.25) is 0 Å². The Balaban J connectivity index is 2.93. The molecule has 0 radical (unpaired) electrons. The van der Waals surface area contributed by atoms with Crippen LogP contribution >= 0.6 is 0 Å². The van der Waals surface area contributed by atoms with Gasteiger partial charge in [-0.05, 0) is 50.1 Å². The van der Waals surface area contributed by atoms with Gasteiger partial charge < -0.3 is 19.9 Å². The van der Waals surface area contributed by atoms with E-state index in [9.17, 15) is 4.79 Å². The number of ether oxygens (including phenoxy) is 3. The molecule has 118 valence electrons. The van der Waals surface area contributed by atoms with Crippen LogP contribution in [0, 0.1) is 0 Å². The highest BCUT2D eigenvalue weighted by molar-refractivity contribution is 5.75. The molecule has 1 atom stereocenters. The molecule has 0 aliphatic heterocycles. The maximum atomic E-state index is 11.9. The molecule has 0 aromatic heterocycles. The molecule has 0 saturated heterocycles. The van der Waals surface area contributed by atoms with Crippen LogP contribution in [0.25, 0.3) is 0 Å². The smallest absolute Gasteiger partial charge is 0.347 e. The largest absolute Gasteiger partial charge is 0.497 e. The maximum absolute atomic E-state index is 11.9. The second kappa shape index (κ2) is 9.23. The predicted molar refractivity (Wildman–Crippen MR) is 81.7 cm³/mol. The molecule has 1 aromatic carbocycles. The summed E-state index contributed by atoms with van der Waals surface area (Å²) in [7, 11) is 1.61. The van der Waals surface area contributed by atoms with E-state index in [1.807, 2.05) is 25.1 Å². The SMILES string of the molecule is CCCC(Oc1ccc(OC)cc1CCN)C(=O)OCC. The molecule has 0 saturated carbocycles.